The lowest BCUT2D eigenvalue weighted by Crippen LogP contribution is -2.38. The minimum atomic E-state index is -1.60. The average molecular weight is 478 g/mol. The average Bonchev–Trinajstić information content (AvgIpc) is 2.74. The molecule has 0 spiro atoms. The van der Waals surface area contributed by atoms with E-state index in [-0.39, 0.29) is 38.4 Å². The fraction of sp³-hybridized carbons (Fsp3) is 0. The van der Waals surface area contributed by atoms with Gasteiger partial charge in [0.15, 0.2) is 22.8 Å². The number of anilines is 2. The van der Waals surface area contributed by atoms with Crippen LogP contribution in [0.5, 0.6) is 0 Å². The van der Waals surface area contributed by atoms with Crippen LogP contribution < -0.4 is 9.96 Å². The number of hydrogen-bond acceptors (Lipinski definition) is 5. The summed E-state index contributed by atoms with van der Waals surface area (Å²) >= 11 is 12.2. The van der Waals surface area contributed by atoms with Crippen molar-refractivity contribution in [2.24, 2.45) is 0 Å². The Hall–Kier alpha value is -3.37. The summed E-state index contributed by atoms with van der Waals surface area (Å²) in [4.78, 5) is 28.4. The Bertz CT molecular complexity index is 1290. The normalized spacial score (nSPS) is 17.5. The number of ketones is 1. The Balaban J connectivity index is 1.91. The molecule has 0 bridgehead atoms. The first kappa shape index (κ1) is 21.8. The Morgan fingerprint density at radius 3 is 2.53 bits per heavy atom. The number of aromatic nitrogens is 1. The number of quaternary nitrogens is 1. The quantitative estimate of drug-likeness (QED) is 0.283. The zero-order valence-electron chi connectivity index (χ0n) is 15.8. The summed E-state index contributed by atoms with van der Waals surface area (Å²) in [5.74, 6) is -4.46. The van der Waals surface area contributed by atoms with Crippen LogP contribution in [-0.4, -0.2) is 21.8 Å². The minimum absolute atomic E-state index is 0.0319. The smallest absolute Gasteiger partial charge is 0.345 e. The van der Waals surface area contributed by atoms with Gasteiger partial charge in [-0.25, -0.2) is 13.6 Å². The standard InChI is InChI=1S/C21H11Cl2F2N3O4/c22-14-7-18-12(6-17(14)27-19-15(23)4-10(24)5-16(19)25)20(29)13(21(30)31)9-28(18,32)11-2-1-3-26-8-11/h1-9,27H,(H,30,31). The summed E-state index contributed by atoms with van der Waals surface area (Å²) in [6.07, 6.45) is 3.41. The van der Waals surface area contributed by atoms with Crippen LogP contribution in [0.3, 0.4) is 0 Å². The van der Waals surface area contributed by atoms with Crippen LogP contribution in [0.25, 0.3) is 0 Å². The number of carboxylic acids is 1. The zero-order chi connectivity index (χ0) is 23.2. The molecule has 0 saturated carbocycles. The summed E-state index contributed by atoms with van der Waals surface area (Å²) in [6, 6.07) is 6.66. The third-order valence-electron chi connectivity index (χ3n) is 4.77. The molecule has 32 heavy (non-hydrogen) atoms. The van der Waals surface area contributed by atoms with Crippen molar-refractivity contribution in [2.75, 3.05) is 5.32 Å². The van der Waals surface area contributed by atoms with Crippen LogP contribution in [0.1, 0.15) is 10.4 Å². The number of aliphatic carboxylic acids is 1. The molecule has 3 aromatic rings. The molecule has 1 unspecified atom stereocenters. The van der Waals surface area contributed by atoms with E-state index in [0.29, 0.717) is 6.07 Å². The fourth-order valence-corrected chi connectivity index (χ4v) is 3.73. The number of fused-ring (bicyclic) bond motifs is 1. The van der Waals surface area contributed by atoms with Gasteiger partial charge in [-0.1, -0.05) is 23.2 Å². The molecule has 1 aliphatic rings. The van der Waals surface area contributed by atoms with Crippen molar-refractivity contribution in [3.8, 4) is 0 Å². The van der Waals surface area contributed by atoms with Crippen molar-refractivity contribution < 1.29 is 23.5 Å². The number of rotatable bonds is 4. The highest BCUT2D eigenvalue weighted by Crippen LogP contribution is 2.45. The van der Waals surface area contributed by atoms with Gasteiger partial charge in [-0.15, -0.1) is 0 Å². The maximum atomic E-state index is 14.2. The monoisotopic (exact) mass is 477 g/mol. The lowest BCUT2D eigenvalue weighted by molar-refractivity contribution is -0.132. The third kappa shape index (κ3) is 3.61. The largest absolute Gasteiger partial charge is 0.617 e. The number of Topliss-reactive ketones (excluding diaryl/α,β-unsaturated/α-hetero) is 1. The summed E-state index contributed by atoms with van der Waals surface area (Å²) < 4.78 is 26.1. The molecule has 4 rings (SSSR count). The van der Waals surface area contributed by atoms with Crippen LogP contribution in [0.15, 0.2) is 60.6 Å². The van der Waals surface area contributed by atoms with Crippen LogP contribution in [0, 0.1) is 16.8 Å². The van der Waals surface area contributed by atoms with E-state index >= 15 is 0 Å². The molecule has 0 fully saturated rings. The number of carbonyl (C=O) groups excluding carboxylic acids is 1. The minimum Gasteiger partial charge on any atom is -0.617 e. The van der Waals surface area contributed by atoms with E-state index in [4.69, 9.17) is 23.2 Å². The second-order valence-electron chi connectivity index (χ2n) is 6.76. The topological polar surface area (TPSA) is 102 Å². The van der Waals surface area contributed by atoms with Gasteiger partial charge in [-0.2, -0.15) is 0 Å². The summed E-state index contributed by atoms with van der Waals surface area (Å²) in [7, 11) is 0. The van der Waals surface area contributed by atoms with Crippen molar-refractivity contribution >= 4 is 57.7 Å². The lowest BCUT2D eigenvalue weighted by atomic mass is 9.96. The first-order chi connectivity index (χ1) is 15.1. The summed E-state index contributed by atoms with van der Waals surface area (Å²) in [6.45, 7) is 0. The number of benzene rings is 2. The molecule has 1 aliphatic heterocycles. The maximum Gasteiger partial charge on any atom is 0.345 e. The fourth-order valence-electron chi connectivity index (χ4n) is 3.28. The predicted octanol–water partition coefficient (Wildman–Crippen LogP) is 5.71. The van der Waals surface area contributed by atoms with Gasteiger partial charge in [-0.3, -0.25) is 14.4 Å². The van der Waals surface area contributed by atoms with Crippen molar-refractivity contribution in [1.29, 1.82) is 0 Å². The zero-order valence-corrected chi connectivity index (χ0v) is 17.3. The van der Waals surface area contributed by atoms with Crippen LogP contribution >= 0.6 is 23.2 Å². The first-order valence-electron chi connectivity index (χ1n) is 8.88. The number of hydrogen-bond donors (Lipinski definition) is 2. The van der Waals surface area contributed by atoms with Crippen molar-refractivity contribution in [1.82, 2.24) is 9.63 Å². The van der Waals surface area contributed by atoms with E-state index in [0.717, 1.165) is 18.3 Å². The van der Waals surface area contributed by atoms with Gasteiger partial charge in [0.2, 0.25) is 5.78 Å². The molecule has 0 saturated heterocycles. The van der Waals surface area contributed by atoms with Crippen molar-refractivity contribution in [3.05, 3.63) is 93.0 Å². The molecule has 2 N–H and O–H groups in total. The Kier molecular flexibility index (Phi) is 5.43. The van der Waals surface area contributed by atoms with Crippen LogP contribution in [0.4, 0.5) is 31.5 Å². The van der Waals surface area contributed by atoms with Gasteiger partial charge < -0.3 is 15.6 Å². The molecule has 0 amide bonds. The molecule has 0 radical (unpaired) electrons. The first-order valence-corrected chi connectivity index (χ1v) is 9.64. The SMILES string of the molecule is O=C(O)C1=C[N+]([O-])(c2cccnc2)c2cc(Cl)c(Nc3c(F)cc(F)cc3Cl)cc2C1=O. The molecule has 1 atom stereocenters. The second kappa shape index (κ2) is 7.95. The van der Waals surface area contributed by atoms with Gasteiger partial charge in [0.05, 0.1) is 33.2 Å². The maximum absolute atomic E-state index is 14.2. The number of nitrogens with zero attached hydrogens (tertiary/aromatic N) is 2. The highest BCUT2D eigenvalue weighted by atomic mass is 35.5. The Labute approximate surface area is 189 Å². The summed E-state index contributed by atoms with van der Waals surface area (Å²) in [5, 5.41) is 25.4. The number of halogens is 4. The lowest BCUT2D eigenvalue weighted by Gasteiger charge is -2.41. The van der Waals surface area contributed by atoms with Crippen LogP contribution in [-0.2, 0) is 4.79 Å². The van der Waals surface area contributed by atoms with E-state index in [2.05, 4.69) is 10.3 Å². The molecule has 2 heterocycles. The van der Waals surface area contributed by atoms with Gasteiger partial charge >= 0.3 is 5.97 Å². The molecular weight excluding hydrogens is 467 g/mol. The molecule has 162 valence electrons. The second-order valence-corrected chi connectivity index (χ2v) is 7.58. The van der Waals surface area contributed by atoms with Crippen molar-refractivity contribution in [2.45, 2.75) is 0 Å². The number of nitrogens with one attached hydrogen (secondary N) is 1. The number of carboxylic acid groups (broad SMARTS) is 1. The molecule has 11 heteroatoms. The number of carbonyl (C=O) groups is 2. The van der Waals surface area contributed by atoms with Gasteiger partial charge in [0, 0.05) is 24.4 Å². The van der Waals surface area contributed by atoms with Crippen LogP contribution in [0.2, 0.25) is 10.0 Å². The van der Waals surface area contributed by atoms with E-state index in [1.54, 1.807) is 0 Å². The Morgan fingerprint density at radius 1 is 1.16 bits per heavy atom. The third-order valence-corrected chi connectivity index (χ3v) is 5.38. The molecule has 1 aromatic heterocycles. The highest BCUT2D eigenvalue weighted by molar-refractivity contribution is 6.36. The molecular formula is C21H11Cl2F2N3O4. The van der Waals surface area contributed by atoms with Gasteiger partial charge in [0.1, 0.15) is 12.0 Å². The van der Waals surface area contributed by atoms with E-state index in [9.17, 15) is 28.7 Å². The molecule has 2 aromatic carbocycles. The number of pyridine rings is 1. The number of hydroxylamine groups is 1. The van der Waals surface area contributed by atoms with E-state index in [1.807, 2.05) is 0 Å². The molecule has 7 nitrogen and oxygen atoms in total. The highest BCUT2D eigenvalue weighted by Gasteiger charge is 2.39. The Morgan fingerprint density at radius 2 is 1.91 bits per heavy atom. The summed E-state index contributed by atoms with van der Waals surface area (Å²) in [5.41, 5.74) is -1.51. The van der Waals surface area contributed by atoms with Gasteiger partial charge in [-0.05, 0) is 18.2 Å². The molecule has 0 aliphatic carbocycles. The van der Waals surface area contributed by atoms with Gasteiger partial charge in [0.25, 0.3) is 0 Å². The van der Waals surface area contributed by atoms with Crippen molar-refractivity contribution in [3.63, 3.8) is 0 Å². The predicted molar refractivity (Wildman–Crippen MR) is 115 cm³/mol. The van der Waals surface area contributed by atoms with E-state index < -0.39 is 33.6 Å². The van der Waals surface area contributed by atoms with E-state index in [1.165, 1.54) is 30.6 Å².